The van der Waals surface area contributed by atoms with E-state index in [2.05, 4.69) is 21.2 Å². The van der Waals surface area contributed by atoms with Crippen LogP contribution < -0.4 is 5.32 Å². The van der Waals surface area contributed by atoms with E-state index in [1.807, 2.05) is 12.1 Å². The van der Waals surface area contributed by atoms with E-state index in [9.17, 15) is 15.0 Å². The van der Waals surface area contributed by atoms with Gasteiger partial charge in [-0.1, -0.05) is 28.1 Å². The van der Waals surface area contributed by atoms with Gasteiger partial charge in [0.25, 0.3) is 0 Å². The largest absolute Gasteiger partial charge is 0.508 e. The van der Waals surface area contributed by atoms with E-state index in [1.165, 1.54) is 12.1 Å². The summed E-state index contributed by atoms with van der Waals surface area (Å²) in [7, 11) is 0. The van der Waals surface area contributed by atoms with Crippen LogP contribution in [0.5, 0.6) is 5.75 Å². The van der Waals surface area contributed by atoms with Crippen molar-refractivity contribution in [2.45, 2.75) is 12.5 Å². The SMILES string of the molecule is CC(Nc1ccc(Br)cc1)(C(=O)O)c1ccc(O)cc1. The molecule has 0 aromatic heterocycles. The molecule has 20 heavy (non-hydrogen) atoms. The molecule has 1 unspecified atom stereocenters. The van der Waals surface area contributed by atoms with E-state index < -0.39 is 11.5 Å². The minimum Gasteiger partial charge on any atom is -0.508 e. The van der Waals surface area contributed by atoms with Crippen LogP contribution >= 0.6 is 15.9 Å². The van der Waals surface area contributed by atoms with E-state index in [-0.39, 0.29) is 5.75 Å². The van der Waals surface area contributed by atoms with Crippen molar-refractivity contribution < 1.29 is 15.0 Å². The molecule has 104 valence electrons. The molecular formula is C15H14BrNO3. The molecule has 0 fully saturated rings. The monoisotopic (exact) mass is 335 g/mol. The lowest BCUT2D eigenvalue weighted by molar-refractivity contribution is -0.142. The van der Waals surface area contributed by atoms with Gasteiger partial charge in [-0.05, 0) is 48.9 Å². The number of nitrogens with one attached hydrogen (secondary N) is 1. The molecule has 0 aliphatic carbocycles. The van der Waals surface area contributed by atoms with Crippen LogP contribution in [0.3, 0.4) is 0 Å². The summed E-state index contributed by atoms with van der Waals surface area (Å²) in [5, 5.41) is 21.9. The number of hydrogen-bond acceptors (Lipinski definition) is 3. The van der Waals surface area contributed by atoms with Gasteiger partial charge in [0.05, 0.1) is 0 Å². The van der Waals surface area contributed by atoms with Crippen LogP contribution in [0.1, 0.15) is 12.5 Å². The Kier molecular flexibility index (Phi) is 3.99. The number of benzene rings is 2. The molecule has 2 rings (SSSR count). The first kappa shape index (κ1) is 14.4. The number of halogens is 1. The molecule has 0 saturated carbocycles. The summed E-state index contributed by atoms with van der Waals surface area (Å²) in [5.41, 5.74) is -0.0152. The highest BCUT2D eigenvalue weighted by molar-refractivity contribution is 9.10. The van der Waals surface area contributed by atoms with Crippen molar-refractivity contribution in [2.75, 3.05) is 5.32 Å². The maximum absolute atomic E-state index is 11.6. The van der Waals surface area contributed by atoms with Gasteiger partial charge in [0, 0.05) is 10.2 Å². The average Bonchev–Trinajstić information content (AvgIpc) is 2.42. The van der Waals surface area contributed by atoms with Crippen LogP contribution in [-0.4, -0.2) is 16.2 Å². The first-order chi connectivity index (χ1) is 9.41. The summed E-state index contributed by atoms with van der Waals surface area (Å²) in [6, 6.07) is 13.4. The smallest absolute Gasteiger partial charge is 0.333 e. The van der Waals surface area contributed by atoms with Crippen molar-refractivity contribution in [3.05, 3.63) is 58.6 Å². The van der Waals surface area contributed by atoms with Gasteiger partial charge < -0.3 is 15.5 Å². The number of rotatable bonds is 4. The van der Waals surface area contributed by atoms with E-state index in [4.69, 9.17) is 0 Å². The standard InChI is InChI=1S/C15H14BrNO3/c1-15(14(19)20,10-2-8-13(18)9-3-10)17-12-6-4-11(16)5-7-12/h2-9,17-18H,1H3,(H,19,20). The predicted octanol–water partition coefficient (Wildman–Crippen LogP) is 3.57. The van der Waals surface area contributed by atoms with Crippen molar-refractivity contribution >= 4 is 27.6 Å². The summed E-state index contributed by atoms with van der Waals surface area (Å²) >= 11 is 3.34. The van der Waals surface area contributed by atoms with Crippen molar-refractivity contribution in [2.24, 2.45) is 0 Å². The van der Waals surface area contributed by atoms with Gasteiger partial charge in [-0.3, -0.25) is 0 Å². The normalized spacial score (nSPS) is 13.5. The van der Waals surface area contributed by atoms with E-state index >= 15 is 0 Å². The molecule has 4 nitrogen and oxygen atoms in total. The fourth-order valence-electron chi connectivity index (χ4n) is 1.87. The van der Waals surface area contributed by atoms with Gasteiger partial charge in [0.1, 0.15) is 5.75 Å². The Balaban J connectivity index is 2.37. The highest BCUT2D eigenvalue weighted by Gasteiger charge is 2.35. The number of anilines is 1. The predicted molar refractivity (Wildman–Crippen MR) is 80.9 cm³/mol. The summed E-state index contributed by atoms with van der Waals surface area (Å²) < 4.78 is 0.921. The van der Waals surface area contributed by atoms with E-state index in [0.717, 1.165) is 4.47 Å². The lowest BCUT2D eigenvalue weighted by Gasteiger charge is -2.28. The molecule has 0 aliphatic rings. The number of phenols is 1. The third-order valence-corrected chi connectivity index (χ3v) is 3.64. The van der Waals surface area contributed by atoms with Crippen LogP contribution in [0.15, 0.2) is 53.0 Å². The molecular weight excluding hydrogens is 322 g/mol. The Morgan fingerprint density at radius 3 is 2.15 bits per heavy atom. The summed E-state index contributed by atoms with van der Waals surface area (Å²) in [6.45, 7) is 1.59. The van der Waals surface area contributed by atoms with Crippen molar-refractivity contribution in [3.63, 3.8) is 0 Å². The van der Waals surface area contributed by atoms with Crippen molar-refractivity contribution in [1.82, 2.24) is 0 Å². The van der Waals surface area contributed by atoms with Gasteiger partial charge in [-0.2, -0.15) is 0 Å². The van der Waals surface area contributed by atoms with Crippen LogP contribution in [0, 0.1) is 0 Å². The minimum atomic E-state index is -1.28. The Labute approximate surface area is 125 Å². The van der Waals surface area contributed by atoms with Gasteiger partial charge in [-0.15, -0.1) is 0 Å². The summed E-state index contributed by atoms with van der Waals surface area (Å²) in [6.07, 6.45) is 0. The Hall–Kier alpha value is -2.01. The van der Waals surface area contributed by atoms with Gasteiger partial charge in [-0.25, -0.2) is 4.79 Å². The topological polar surface area (TPSA) is 69.6 Å². The minimum absolute atomic E-state index is 0.102. The zero-order chi connectivity index (χ0) is 14.8. The molecule has 5 heteroatoms. The molecule has 0 radical (unpaired) electrons. The Morgan fingerprint density at radius 2 is 1.65 bits per heavy atom. The second-order valence-electron chi connectivity index (χ2n) is 4.61. The highest BCUT2D eigenvalue weighted by Crippen LogP contribution is 2.28. The van der Waals surface area contributed by atoms with Crippen molar-refractivity contribution in [1.29, 1.82) is 0 Å². The first-order valence-electron chi connectivity index (χ1n) is 5.98. The molecule has 0 heterocycles. The van der Waals surface area contributed by atoms with Crippen LogP contribution in [-0.2, 0) is 10.3 Å². The zero-order valence-electron chi connectivity index (χ0n) is 10.8. The van der Waals surface area contributed by atoms with Crippen LogP contribution in [0.2, 0.25) is 0 Å². The number of carbonyl (C=O) groups is 1. The summed E-state index contributed by atoms with van der Waals surface area (Å²) in [5.74, 6) is -0.892. The summed E-state index contributed by atoms with van der Waals surface area (Å²) in [4.78, 5) is 11.6. The highest BCUT2D eigenvalue weighted by atomic mass is 79.9. The zero-order valence-corrected chi connectivity index (χ0v) is 12.4. The number of aromatic hydroxyl groups is 1. The van der Waals surface area contributed by atoms with Crippen molar-refractivity contribution in [3.8, 4) is 5.75 Å². The Morgan fingerprint density at radius 1 is 1.10 bits per heavy atom. The molecule has 0 spiro atoms. The third-order valence-electron chi connectivity index (χ3n) is 3.11. The first-order valence-corrected chi connectivity index (χ1v) is 6.78. The van der Waals surface area contributed by atoms with Gasteiger partial charge >= 0.3 is 5.97 Å². The molecule has 2 aromatic rings. The van der Waals surface area contributed by atoms with E-state index in [1.54, 1.807) is 31.2 Å². The van der Waals surface area contributed by atoms with Gasteiger partial charge in [0.15, 0.2) is 5.54 Å². The number of hydrogen-bond donors (Lipinski definition) is 3. The molecule has 2 aromatic carbocycles. The maximum Gasteiger partial charge on any atom is 0.333 e. The van der Waals surface area contributed by atoms with Crippen LogP contribution in [0.4, 0.5) is 5.69 Å². The fraction of sp³-hybridized carbons (Fsp3) is 0.133. The molecule has 0 amide bonds. The number of phenolic OH excluding ortho intramolecular Hbond substituents is 1. The van der Waals surface area contributed by atoms with Crippen LogP contribution in [0.25, 0.3) is 0 Å². The number of aliphatic carboxylic acids is 1. The third kappa shape index (κ3) is 2.93. The quantitative estimate of drug-likeness (QED) is 0.798. The second-order valence-corrected chi connectivity index (χ2v) is 5.52. The number of carboxylic acid groups (broad SMARTS) is 1. The molecule has 0 aliphatic heterocycles. The molecule has 0 saturated heterocycles. The fourth-order valence-corrected chi connectivity index (χ4v) is 2.13. The lowest BCUT2D eigenvalue weighted by atomic mass is 9.91. The molecule has 0 bridgehead atoms. The maximum atomic E-state index is 11.6. The average molecular weight is 336 g/mol. The molecule has 1 atom stereocenters. The van der Waals surface area contributed by atoms with E-state index in [0.29, 0.717) is 11.3 Å². The number of carboxylic acids is 1. The lowest BCUT2D eigenvalue weighted by Crippen LogP contribution is -2.40. The Bertz CT molecular complexity index is 610. The van der Waals surface area contributed by atoms with Gasteiger partial charge in [0.2, 0.25) is 0 Å². The second kappa shape index (κ2) is 5.54. The molecule has 3 N–H and O–H groups in total.